The van der Waals surface area contributed by atoms with Crippen LogP contribution in [-0.4, -0.2) is 21.9 Å². The number of fused-ring (bicyclic) bond motifs is 1. The Hall–Kier alpha value is -1.79. The first-order valence-electron chi connectivity index (χ1n) is 6.47. The van der Waals surface area contributed by atoms with Crippen molar-refractivity contribution in [3.8, 4) is 0 Å². The SMILES string of the molecule is CSc1cccc(NC(=O)c2cc3c(C)nn(C)c3s2)c1. The minimum absolute atomic E-state index is 0.0751. The van der Waals surface area contributed by atoms with Crippen molar-refractivity contribution in [3.05, 3.63) is 40.9 Å². The van der Waals surface area contributed by atoms with Gasteiger partial charge in [-0.25, -0.2) is 0 Å². The lowest BCUT2D eigenvalue weighted by molar-refractivity contribution is 0.103. The summed E-state index contributed by atoms with van der Waals surface area (Å²) in [4.78, 5) is 15.2. The first-order chi connectivity index (χ1) is 10.1. The van der Waals surface area contributed by atoms with Crippen LogP contribution in [0.4, 0.5) is 5.69 Å². The molecular formula is C15H15N3OS2. The van der Waals surface area contributed by atoms with Crippen LogP contribution in [0.5, 0.6) is 0 Å². The van der Waals surface area contributed by atoms with E-state index >= 15 is 0 Å². The number of rotatable bonds is 3. The quantitative estimate of drug-likeness (QED) is 0.745. The summed E-state index contributed by atoms with van der Waals surface area (Å²) >= 11 is 3.12. The van der Waals surface area contributed by atoms with Crippen molar-refractivity contribution in [1.82, 2.24) is 9.78 Å². The molecule has 3 aromatic rings. The van der Waals surface area contributed by atoms with Crippen LogP contribution >= 0.6 is 23.1 Å². The summed E-state index contributed by atoms with van der Waals surface area (Å²) < 4.78 is 1.82. The maximum Gasteiger partial charge on any atom is 0.265 e. The van der Waals surface area contributed by atoms with Gasteiger partial charge in [-0.15, -0.1) is 23.1 Å². The second-order valence-electron chi connectivity index (χ2n) is 4.72. The normalized spacial score (nSPS) is 11.0. The van der Waals surface area contributed by atoms with Gasteiger partial charge in [0.25, 0.3) is 5.91 Å². The smallest absolute Gasteiger partial charge is 0.265 e. The van der Waals surface area contributed by atoms with Crippen molar-refractivity contribution in [3.63, 3.8) is 0 Å². The maximum absolute atomic E-state index is 12.4. The molecule has 0 radical (unpaired) electrons. The van der Waals surface area contributed by atoms with Crippen LogP contribution in [-0.2, 0) is 7.05 Å². The molecule has 0 spiro atoms. The summed E-state index contributed by atoms with van der Waals surface area (Å²) in [6, 6.07) is 9.76. The van der Waals surface area contributed by atoms with E-state index in [1.807, 2.05) is 55.2 Å². The van der Waals surface area contributed by atoms with E-state index in [1.54, 1.807) is 11.8 Å². The highest BCUT2D eigenvalue weighted by molar-refractivity contribution is 7.98. The van der Waals surface area contributed by atoms with E-state index in [-0.39, 0.29) is 5.91 Å². The van der Waals surface area contributed by atoms with Gasteiger partial charge in [-0.1, -0.05) is 6.07 Å². The molecule has 3 rings (SSSR count). The summed E-state index contributed by atoms with van der Waals surface area (Å²) in [6.45, 7) is 1.96. The number of thiophene rings is 1. The number of thioether (sulfide) groups is 1. The third kappa shape index (κ3) is 2.69. The molecule has 0 atom stereocenters. The van der Waals surface area contributed by atoms with E-state index in [9.17, 15) is 4.79 Å². The number of amides is 1. The molecule has 0 saturated heterocycles. The van der Waals surface area contributed by atoms with Crippen LogP contribution in [0.3, 0.4) is 0 Å². The molecule has 0 bridgehead atoms. The highest BCUT2D eigenvalue weighted by Gasteiger charge is 2.15. The highest BCUT2D eigenvalue weighted by atomic mass is 32.2. The first kappa shape index (κ1) is 14.2. The van der Waals surface area contributed by atoms with Crippen LogP contribution in [0.15, 0.2) is 35.2 Å². The molecule has 108 valence electrons. The summed E-state index contributed by atoms with van der Waals surface area (Å²) in [5.74, 6) is -0.0751. The van der Waals surface area contributed by atoms with Crippen molar-refractivity contribution in [2.45, 2.75) is 11.8 Å². The van der Waals surface area contributed by atoms with Crippen molar-refractivity contribution in [1.29, 1.82) is 0 Å². The Kier molecular flexibility index (Phi) is 3.73. The topological polar surface area (TPSA) is 46.9 Å². The third-order valence-electron chi connectivity index (χ3n) is 3.25. The van der Waals surface area contributed by atoms with Crippen molar-refractivity contribution in [2.24, 2.45) is 7.05 Å². The molecule has 1 N–H and O–H groups in total. The number of carbonyl (C=O) groups is 1. The fraction of sp³-hybridized carbons (Fsp3) is 0.200. The number of anilines is 1. The Labute approximate surface area is 131 Å². The zero-order valence-electron chi connectivity index (χ0n) is 12.0. The molecule has 21 heavy (non-hydrogen) atoms. The molecule has 0 unspecified atom stereocenters. The molecule has 0 fully saturated rings. The number of aromatic nitrogens is 2. The highest BCUT2D eigenvalue weighted by Crippen LogP contribution is 2.28. The zero-order chi connectivity index (χ0) is 15.0. The van der Waals surface area contributed by atoms with E-state index in [4.69, 9.17) is 0 Å². The number of aryl methyl sites for hydroxylation is 2. The van der Waals surface area contributed by atoms with Gasteiger partial charge < -0.3 is 5.32 Å². The van der Waals surface area contributed by atoms with Gasteiger partial charge in [0.05, 0.1) is 10.6 Å². The summed E-state index contributed by atoms with van der Waals surface area (Å²) in [7, 11) is 1.90. The summed E-state index contributed by atoms with van der Waals surface area (Å²) in [5.41, 5.74) is 1.77. The van der Waals surface area contributed by atoms with Gasteiger partial charge in [0.2, 0.25) is 0 Å². The second-order valence-corrected chi connectivity index (χ2v) is 6.63. The summed E-state index contributed by atoms with van der Waals surface area (Å²) in [5, 5.41) is 8.35. The number of hydrogen-bond acceptors (Lipinski definition) is 4. The van der Waals surface area contributed by atoms with Crippen molar-refractivity contribution >= 4 is 44.9 Å². The van der Waals surface area contributed by atoms with Crippen LogP contribution < -0.4 is 5.32 Å². The summed E-state index contributed by atoms with van der Waals surface area (Å²) in [6.07, 6.45) is 2.02. The predicted octanol–water partition coefficient (Wildman–Crippen LogP) is 3.92. The van der Waals surface area contributed by atoms with Gasteiger partial charge in [0.1, 0.15) is 4.83 Å². The largest absolute Gasteiger partial charge is 0.321 e. The van der Waals surface area contributed by atoms with E-state index in [2.05, 4.69) is 10.4 Å². The Morgan fingerprint density at radius 2 is 2.19 bits per heavy atom. The van der Waals surface area contributed by atoms with Gasteiger partial charge in [0.15, 0.2) is 0 Å². The van der Waals surface area contributed by atoms with E-state index in [1.165, 1.54) is 11.3 Å². The predicted molar refractivity (Wildman–Crippen MR) is 89.5 cm³/mol. The minimum atomic E-state index is -0.0751. The van der Waals surface area contributed by atoms with Crippen molar-refractivity contribution in [2.75, 3.05) is 11.6 Å². The van der Waals surface area contributed by atoms with Crippen molar-refractivity contribution < 1.29 is 4.79 Å². The van der Waals surface area contributed by atoms with E-state index in [0.29, 0.717) is 4.88 Å². The fourth-order valence-electron chi connectivity index (χ4n) is 2.21. The molecule has 0 aliphatic rings. The Morgan fingerprint density at radius 3 is 2.90 bits per heavy atom. The van der Waals surface area contributed by atoms with Gasteiger partial charge in [-0.05, 0) is 37.4 Å². The molecule has 4 nitrogen and oxygen atoms in total. The number of carbonyl (C=O) groups excluding carboxylic acids is 1. The van der Waals surface area contributed by atoms with Crippen LogP contribution in [0.25, 0.3) is 10.2 Å². The molecule has 1 aromatic carbocycles. The van der Waals surface area contributed by atoms with E-state index in [0.717, 1.165) is 26.5 Å². The lowest BCUT2D eigenvalue weighted by Gasteiger charge is -2.04. The standard InChI is InChI=1S/C15H15N3OS2/c1-9-12-8-13(21-15(12)18(2)17-9)14(19)16-10-5-4-6-11(7-10)20-3/h4-8H,1-3H3,(H,16,19). The van der Waals surface area contributed by atoms with Crippen LogP contribution in [0.1, 0.15) is 15.4 Å². The minimum Gasteiger partial charge on any atom is -0.321 e. The molecule has 2 heterocycles. The Bertz CT molecular complexity index is 785. The van der Waals surface area contributed by atoms with Crippen LogP contribution in [0.2, 0.25) is 0 Å². The Balaban J connectivity index is 1.88. The van der Waals surface area contributed by atoms with Gasteiger partial charge in [0, 0.05) is 23.0 Å². The molecule has 0 aliphatic heterocycles. The molecule has 2 aromatic heterocycles. The average molecular weight is 317 g/mol. The molecule has 6 heteroatoms. The zero-order valence-corrected chi connectivity index (χ0v) is 13.6. The number of hydrogen-bond donors (Lipinski definition) is 1. The monoisotopic (exact) mass is 317 g/mol. The number of nitrogens with one attached hydrogen (secondary N) is 1. The van der Waals surface area contributed by atoms with E-state index < -0.39 is 0 Å². The maximum atomic E-state index is 12.4. The molecule has 0 aliphatic carbocycles. The first-order valence-corrected chi connectivity index (χ1v) is 8.51. The van der Waals surface area contributed by atoms with Gasteiger partial charge >= 0.3 is 0 Å². The molecular weight excluding hydrogens is 302 g/mol. The molecule has 0 saturated carbocycles. The number of nitrogens with zero attached hydrogens (tertiary/aromatic N) is 2. The fourth-order valence-corrected chi connectivity index (χ4v) is 3.69. The van der Waals surface area contributed by atoms with Crippen LogP contribution in [0, 0.1) is 6.92 Å². The lowest BCUT2D eigenvalue weighted by atomic mass is 10.3. The lowest BCUT2D eigenvalue weighted by Crippen LogP contribution is -2.10. The Morgan fingerprint density at radius 1 is 1.38 bits per heavy atom. The third-order valence-corrected chi connectivity index (χ3v) is 5.17. The number of benzene rings is 1. The average Bonchev–Trinajstić information content (AvgIpc) is 3.02. The molecule has 1 amide bonds. The second kappa shape index (κ2) is 5.54. The van der Waals surface area contributed by atoms with Gasteiger partial charge in [-0.3, -0.25) is 9.48 Å². The van der Waals surface area contributed by atoms with Gasteiger partial charge in [-0.2, -0.15) is 5.10 Å².